The van der Waals surface area contributed by atoms with Gasteiger partial charge in [0.25, 0.3) is 0 Å². The Bertz CT molecular complexity index is 216. The molecule has 12 heavy (non-hydrogen) atoms. The Balaban J connectivity index is 2.77. The van der Waals surface area contributed by atoms with E-state index >= 15 is 0 Å². The van der Waals surface area contributed by atoms with Crippen molar-refractivity contribution in [3.63, 3.8) is 0 Å². The van der Waals surface area contributed by atoms with Crippen LogP contribution < -0.4 is 0 Å². The summed E-state index contributed by atoms with van der Waals surface area (Å²) < 4.78 is 0. The molecule has 0 aromatic rings. The van der Waals surface area contributed by atoms with E-state index in [2.05, 4.69) is 56.1 Å². The Hall–Kier alpha value is -0.563. The maximum Gasteiger partial charge on any atom is 0.0557 e. The average Bonchev–Trinajstić information content (AvgIpc) is 1.81. The van der Waals surface area contributed by atoms with Crippen LogP contribution in [0.2, 0.25) is 25.2 Å². The fourth-order valence-corrected chi connectivity index (χ4v) is 2.69. The first-order valence-electron chi connectivity index (χ1n) is 4.61. The van der Waals surface area contributed by atoms with E-state index in [1.54, 1.807) is 0 Å². The highest BCUT2D eigenvalue weighted by molar-refractivity contribution is 6.78. The van der Waals surface area contributed by atoms with Crippen molar-refractivity contribution in [1.29, 1.82) is 0 Å². The van der Waals surface area contributed by atoms with Crippen LogP contribution in [0.3, 0.4) is 0 Å². The van der Waals surface area contributed by atoms with Gasteiger partial charge in [-0.1, -0.05) is 56.1 Å². The third-order valence-electron chi connectivity index (χ3n) is 2.18. The van der Waals surface area contributed by atoms with Gasteiger partial charge in [-0.15, -0.1) is 0 Å². The molecule has 0 fully saturated rings. The molecule has 0 nitrogen and oxygen atoms in total. The van der Waals surface area contributed by atoms with Gasteiger partial charge < -0.3 is 0 Å². The molecule has 0 amide bonds. The lowest BCUT2D eigenvalue weighted by Gasteiger charge is -2.23. The van der Waals surface area contributed by atoms with Gasteiger partial charge >= 0.3 is 0 Å². The Kier molecular flexibility index (Phi) is 3.10. The molecule has 1 rings (SSSR count). The first-order chi connectivity index (χ1) is 5.61. The second-order valence-corrected chi connectivity index (χ2v) is 9.77. The van der Waals surface area contributed by atoms with E-state index in [0.29, 0.717) is 5.54 Å². The molecule has 1 aliphatic rings. The molecule has 66 valence electrons. The minimum Gasteiger partial charge on any atom is -0.0844 e. The van der Waals surface area contributed by atoms with Crippen LogP contribution in [-0.2, 0) is 0 Å². The molecule has 1 heteroatoms. The van der Waals surface area contributed by atoms with E-state index < -0.39 is 8.07 Å². The number of hydrogen-bond donors (Lipinski definition) is 0. The summed E-state index contributed by atoms with van der Waals surface area (Å²) in [4.78, 5) is 0. The molecular formula is C11H18Si. The molecule has 1 unspecified atom stereocenters. The third kappa shape index (κ3) is 2.82. The fraction of sp³-hybridized carbons (Fsp3) is 0.455. The largest absolute Gasteiger partial charge is 0.0844 e. The zero-order valence-electron chi connectivity index (χ0n) is 8.25. The molecule has 1 aliphatic carbocycles. The molecule has 0 saturated heterocycles. The van der Waals surface area contributed by atoms with Crippen LogP contribution in [0.15, 0.2) is 36.5 Å². The lowest BCUT2D eigenvalue weighted by atomic mass is 10.2. The van der Waals surface area contributed by atoms with Gasteiger partial charge in [0.05, 0.1) is 8.07 Å². The standard InChI is InChI=1S/C11H18Si/c1-12(2,3)11-9-7-5-4-6-8-10-11/h4-5,7-11H,6H2,1-3H3/b5-4-,9-7-,10-8-. The summed E-state index contributed by atoms with van der Waals surface area (Å²) in [5.41, 5.74) is 0.711. The second kappa shape index (κ2) is 3.90. The molecule has 0 N–H and O–H groups in total. The summed E-state index contributed by atoms with van der Waals surface area (Å²) in [6.45, 7) is 7.24. The molecule has 0 saturated carbocycles. The highest BCUT2D eigenvalue weighted by Crippen LogP contribution is 2.25. The molecule has 0 heterocycles. The lowest BCUT2D eigenvalue weighted by molar-refractivity contribution is 1.22. The highest BCUT2D eigenvalue weighted by atomic mass is 28.3. The first kappa shape index (κ1) is 9.52. The van der Waals surface area contributed by atoms with E-state index in [9.17, 15) is 0 Å². The predicted molar refractivity (Wildman–Crippen MR) is 59.1 cm³/mol. The van der Waals surface area contributed by atoms with Gasteiger partial charge in [-0.3, -0.25) is 0 Å². The van der Waals surface area contributed by atoms with Crippen molar-refractivity contribution in [3.8, 4) is 0 Å². The Labute approximate surface area is 76.7 Å². The van der Waals surface area contributed by atoms with Crippen molar-refractivity contribution in [2.75, 3.05) is 0 Å². The van der Waals surface area contributed by atoms with Gasteiger partial charge in [0.1, 0.15) is 0 Å². The van der Waals surface area contributed by atoms with Gasteiger partial charge in [0.15, 0.2) is 0 Å². The van der Waals surface area contributed by atoms with Crippen molar-refractivity contribution in [3.05, 3.63) is 36.5 Å². The van der Waals surface area contributed by atoms with Crippen LogP contribution in [0.4, 0.5) is 0 Å². The van der Waals surface area contributed by atoms with Crippen LogP contribution in [0, 0.1) is 0 Å². The monoisotopic (exact) mass is 178 g/mol. The summed E-state index contributed by atoms with van der Waals surface area (Å²) in [6, 6.07) is 0. The summed E-state index contributed by atoms with van der Waals surface area (Å²) in [5, 5.41) is 0. The summed E-state index contributed by atoms with van der Waals surface area (Å²) >= 11 is 0. The second-order valence-electron chi connectivity index (χ2n) is 4.37. The van der Waals surface area contributed by atoms with E-state index in [0.717, 1.165) is 6.42 Å². The van der Waals surface area contributed by atoms with Crippen molar-refractivity contribution in [2.45, 2.75) is 31.6 Å². The zero-order valence-corrected chi connectivity index (χ0v) is 9.25. The summed E-state index contributed by atoms with van der Waals surface area (Å²) in [5.74, 6) is 0. The maximum absolute atomic E-state index is 2.41. The highest BCUT2D eigenvalue weighted by Gasteiger charge is 2.21. The normalized spacial score (nSPS) is 31.8. The zero-order chi connectivity index (χ0) is 9.03. The molecule has 0 aromatic heterocycles. The third-order valence-corrected chi connectivity index (χ3v) is 4.57. The van der Waals surface area contributed by atoms with Gasteiger partial charge in [-0.2, -0.15) is 0 Å². The topological polar surface area (TPSA) is 0 Å². The SMILES string of the molecule is C[Si](C)(C)C1/C=C\C=C/C/C=C\1. The van der Waals surface area contributed by atoms with Crippen LogP contribution in [0.1, 0.15) is 6.42 Å². The molecule has 0 spiro atoms. The number of allylic oxidation sites excluding steroid dienone is 6. The van der Waals surface area contributed by atoms with Crippen molar-refractivity contribution in [2.24, 2.45) is 0 Å². The minimum atomic E-state index is -1.02. The van der Waals surface area contributed by atoms with Crippen LogP contribution in [-0.4, -0.2) is 8.07 Å². The summed E-state index contributed by atoms with van der Waals surface area (Å²) in [6.07, 6.45) is 14.6. The molecule has 0 aliphatic heterocycles. The molecular weight excluding hydrogens is 160 g/mol. The number of hydrogen-bond acceptors (Lipinski definition) is 0. The molecule has 0 bridgehead atoms. The van der Waals surface area contributed by atoms with Crippen molar-refractivity contribution >= 4 is 8.07 Å². The van der Waals surface area contributed by atoms with E-state index in [-0.39, 0.29) is 0 Å². The van der Waals surface area contributed by atoms with Gasteiger partial charge in [-0.05, 0) is 12.0 Å². The van der Waals surface area contributed by atoms with E-state index in [1.165, 1.54) is 0 Å². The van der Waals surface area contributed by atoms with E-state index in [4.69, 9.17) is 0 Å². The van der Waals surface area contributed by atoms with E-state index in [1.807, 2.05) is 0 Å². The molecule has 0 radical (unpaired) electrons. The van der Waals surface area contributed by atoms with Gasteiger partial charge in [0.2, 0.25) is 0 Å². The maximum atomic E-state index is 2.41. The predicted octanol–water partition coefficient (Wildman–Crippen LogP) is 3.77. The summed E-state index contributed by atoms with van der Waals surface area (Å²) in [7, 11) is -1.02. The molecule has 1 atom stereocenters. The van der Waals surface area contributed by atoms with Gasteiger partial charge in [-0.25, -0.2) is 0 Å². The minimum absolute atomic E-state index is 0.711. The van der Waals surface area contributed by atoms with Crippen LogP contribution in [0.5, 0.6) is 0 Å². The number of rotatable bonds is 1. The van der Waals surface area contributed by atoms with Gasteiger partial charge in [0, 0.05) is 0 Å². The van der Waals surface area contributed by atoms with Crippen LogP contribution in [0.25, 0.3) is 0 Å². The lowest BCUT2D eigenvalue weighted by Crippen LogP contribution is -2.25. The van der Waals surface area contributed by atoms with Crippen molar-refractivity contribution < 1.29 is 0 Å². The average molecular weight is 178 g/mol. The smallest absolute Gasteiger partial charge is 0.0557 e. The Morgan fingerprint density at radius 2 is 1.75 bits per heavy atom. The quantitative estimate of drug-likeness (QED) is 0.423. The fourth-order valence-electron chi connectivity index (χ4n) is 1.29. The Morgan fingerprint density at radius 1 is 1.00 bits per heavy atom. The first-order valence-corrected chi connectivity index (χ1v) is 8.18. The Morgan fingerprint density at radius 3 is 2.42 bits per heavy atom. The van der Waals surface area contributed by atoms with Crippen molar-refractivity contribution in [1.82, 2.24) is 0 Å². The molecule has 0 aromatic carbocycles. The van der Waals surface area contributed by atoms with Crippen LogP contribution >= 0.6 is 0 Å².